The van der Waals surface area contributed by atoms with E-state index in [9.17, 15) is 14.0 Å². The number of aromatic nitrogens is 2. The molecule has 2 aromatic carbocycles. The van der Waals surface area contributed by atoms with Crippen LogP contribution in [0.1, 0.15) is 49.5 Å². The van der Waals surface area contributed by atoms with Crippen molar-refractivity contribution in [1.82, 2.24) is 14.9 Å². The minimum absolute atomic E-state index is 0.0942. The molecule has 1 aliphatic heterocycles. The number of fused-ring (bicyclic) bond motifs is 1. The number of methoxy groups -OCH3 is 1. The monoisotopic (exact) mass is 482 g/mol. The molecule has 4 rings (SSSR count). The van der Waals surface area contributed by atoms with E-state index in [4.69, 9.17) is 14.5 Å². The van der Waals surface area contributed by atoms with Gasteiger partial charge in [-0.3, -0.25) is 0 Å². The van der Waals surface area contributed by atoms with Crippen molar-refractivity contribution in [1.29, 1.82) is 0 Å². The maximum atomic E-state index is 13.5. The Morgan fingerprint density at radius 1 is 1.17 bits per heavy atom. The lowest BCUT2D eigenvalue weighted by molar-refractivity contribution is 0.0498. The molecule has 2 heterocycles. The molecule has 1 atom stereocenters. The number of nitrogens with one attached hydrogen (secondary N) is 1. The number of carbonyl (C=O) groups is 2. The number of amides is 1. The van der Waals surface area contributed by atoms with Gasteiger partial charge in [-0.25, -0.2) is 19.0 Å². The highest BCUT2D eigenvalue weighted by Crippen LogP contribution is 2.28. The van der Waals surface area contributed by atoms with Crippen LogP contribution < -0.4 is 10.2 Å². The van der Waals surface area contributed by atoms with Gasteiger partial charge in [-0.2, -0.15) is 0 Å². The van der Waals surface area contributed by atoms with Crippen LogP contribution in [0.4, 0.5) is 15.1 Å². The van der Waals surface area contributed by atoms with Crippen molar-refractivity contribution in [2.24, 2.45) is 0 Å². The SMILES string of the molecule is COC(=O)c1ccc2c(c1)nc(N1CCCC(NC(=O)OC(C)(C)C)C1)n2Cc1ccc(F)cc1. The molecule has 1 aliphatic rings. The highest BCUT2D eigenvalue weighted by Gasteiger charge is 2.27. The highest BCUT2D eigenvalue weighted by molar-refractivity contribution is 5.94. The van der Waals surface area contributed by atoms with Crippen LogP contribution in [-0.4, -0.2) is 53.5 Å². The van der Waals surface area contributed by atoms with Crippen molar-refractivity contribution in [3.63, 3.8) is 0 Å². The van der Waals surface area contributed by atoms with Crippen LogP contribution in [0.15, 0.2) is 42.5 Å². The smallest absolute Gasteiger partial charge is 0.407 e. The van der Waals surface area contributed by atoms with Crippen LogP contribution >= 0.6 is 0 Å². The van der Waals surface area contributed by atoms with Crippen molar-refractivity contribution in [3.05, 3.63) is 59.4 Å². The third kappa shape index (κ3) is 5.90. The Hall–Kier alpha value is -3.62. The number of imidazole rings is 1. The fraction of sp³-hybridized carbons (Fsp3) is 0.423. The third-order valence-corrected chi connectivity index (χ3v) is 5.83. The molecule has 0 bridgehead atoms. The number of anilines is 1. The first-order valence-electron chi connectivity index (χ1n) is 11.7. The minimum atomic E-state index is -0.571. The Morgan fingerprint density at radius 3 is 2.60 bits per heavy atom. The zero-order chi connectivity index (χ0) is 25.2. The van der Waals surface area contributed by atoms with Crippen molar-refractivity contribution >= 4 is 29.0 Å². The first-order chi connectivity index (χ1) is 16.6. The Morgan fingerprint density at radius 2 is 1.91 bits per heavy atom. The van der Waals surface area contributed by atoms with E-state index in [1.807, 2.05) is 26.8 Å². The zero-order valence-electron chi connectivity index (χ0n) is 20.5. The molecule has 3 aromatic rings. The molecule has 1 amide bonds. The maximum Gasteiger partial charge on any atom is 0.407 e. The van der Waals surface area contributed by atoms with Gasteiger partial charge in [0.1, 0.15) is 11.4 Å². The molecule has 1 aromatic heterocycles. The van der Waals surface area contributed by atoms with Crippen LogP contribution in [0.3, 0.4) is 0 Å². The molecule has 8 nitrogen and oxygen atoms in total. The summed E-state index contributed by atoms with van der Waals surface area (Å²) in [5, 5.41) is 2.97. The molecule has 1 N–H and O–H groups in total. The normalized spacial score (nSPS) is 16.3. The third-order valence-electron chi connectivity index (χ3n) is 5.83. The summed E-state index contributed by atoms with van der Waals surface area (Å²) in [6, 6.07) is 11.5. The molecule has 35 heavy (non-hydrogen) atoms. The summed E-state index contributed by atoms with van der Waals surface area (Å²) in [5.74, 6) is 0.00225. The lowest BCUT2D eigenvalue weighted by atomic mass is 10.1. The lowest BCUT2D eigenvalue weighted by Gasteiger charge is -2.34. The molecule has 0 radical (unpaired) electrons. The van der Waals surface area contributed by atoms with E-state index in [1.54, 1.807) is 24.3 Å². The Kier molecular flexibility index (Phi) is 6.95. The molecule has 1 fully saturated rings. The van der Waals surface area contributed by atoms with Crippen LogP contribution in [0.2, 0.25) is 0 Å². The predicted molar refractivity (Wildman–Crippen MR) is 131 cm³/mol. The van der Waals surface area contributed by atoms with Crippen LogP contribution in [0, 0.1) is 5.82 Å². The summed E-state index contributed by atoms with van der Waals surface area (Å²) < 4.78 is 25.8. The quantitative estimate of drug-likeness (QED) is 0.539. The van der Waals surface area contributed by atoms with Gasteiger partial charge < -0.3 is 24.3 Å². The number of carbonyl (C=O) groups excluding carboxylic acids is 2. The number of hydrogen-bond acceptors (Lipinski definition) is 6. The van der Waals surface area contributed by atoms with Crippen LogP contribution in [-0.2, 0) is 16.0 Å². The summed E-state index contributed by atoms with van der Waals surface area (Å²) in [6.45, 7) is 7.31. The van der Waals surface area contributed by atoms with Crippen molar-refractivity contribution in [3.8, 4) is 0 Å². The number of hydrogen-bond donors (Lipinski definition) is 1. The molecule has 186 valence electrons. The van der Waals surface area contributed by atoms with Crippen molar-refractivity contribution in [2.45, 2.75) is 51.8 Å². The number of rotatable bonds is 5. The van der Waals surface area contributed by atoms with Crippen LogP contribution in [0.25, 0.3) is 11.0 Å². The maximum absolute atomic E-state index is 13.5. The lowest BCUT2D eigenvalue weighted by Crippen LogP contribution is -2.49. The number of ether oxygens (including phenoxy) is 2. The fourth-order valence-corrected chi connectivity index (χ4v) is 4.28. The fourth-order valence-electron chi connectivity index (χ4n) is 4.28. The van der Waals surface area contributed by atoms with E-state index in [-0.39, 0.29) is 11.9 Å². The summed E-state index contributed by atoms with van der Waals surface area (Å²) in [7, 11) is 1.34. The van der Waals surface area contributed by atoms with Gasteiger partial charge in [-0.05, 0) is 69.5 Å². The second-order valence-corrected chi connectivity index (χ2v) is 9.75. The van der Waals surface area contributed by atoms with Gasteiger partial charge >= 0.3 is 12.1 Å². The number of alkyl carbamates (subject to hydrolysis) is 1. The number of esters is 1. The first-order valence-corrected chi connectivity index (χ1v) is 11.7. The van der Waals surface area contributed by atoms with Gasteiger partial charge in [0, 0.05) is 19.1 Å². The molecule has 0 spiro atoms. The minimum Gasteiger partial charge on any atom is -0.465 e. The molecule has 0 saturated carbocycles. The van der Waals surface area contributed by atoms with Gasteiger partial charge in [0.15, 0.2) is 0 Å². The van der Waals surface area contributed by atoms with Gasteiger partial charge in [0.2, 0.25) is 5.95 Å². The van der Waals surface area contributed by atoms with Crippen LogP contribution in [0.5, 0.6) is 0 Å². The van der Waals surface area contributed by atoms with Crippen molar-refractivity contribution < 1.29 is 23.5 Å². The average Bonchev–Trinajstić information content (AvgIpc) is 3.16. The van der Waals surface area contributed by atoms with E-state index >= 15 is 0 Å². The molecular weight excluding hydrogens is 451 g/mol. The Bertz CT molecular complexity index is 1220. The molecule has 9 heteroatoms. The van der Waals surface area contributed by atoms with E-state index in [2.05, 4.69) is 14.8 Å². The molecule has 0 aliphatic carbocycles. The second-order valence-electron chi connectivity index (χ2n) is 9.75. The Balaban J connectivity index is 1.65. The standard InChI is InChI=1S/C26H31FN4O4/c1-26(2,3)35-25(33)28-20-6-5-13-30(16-20)24-29-21-14-18(23(32)34-4)9-12-22(21)31(24)15-17-7-10-19(27)11-8-17/h7-12,14,20H,5-6,13,15-16H2,1-4H3,(H,28,33). The molecule has 1 saturated heterocycles. The number of piperidine rings is 1. The van der Waals surface area contributed by atoms with Gasteiger partial charge in [-0.15, -0.1) is 0 Å². The van der Waals surface area contributed by atoms with Gasteiger partial charge in [0.05, 0.1) is 30.3 Å². The summed E-state index contributed by atoms with van der Waals surface area (Å²) in [5.41, 5.74) is 2.27. The van der Waals surface area contributed by atoms with E-state index in [0.717, 1.165) is 36.4 Å². The first kappa shape index (κ1) is 24.5. The van der Waals surface area contributed by atoms with E-state index in [0.29, 0.717) is 24.2 Å². The second kappa shape index (κ2) is 9.93. The highest BCUT2D eigenvalue weighted by atomic mass is 19.1. The van der Waals surface area contributed by atoms with Gasteiger partial charge in [-0.1, -0.05) is 12.1 Å². The molecular formula is C26H31FN4O4. The zero-order valence-corrected chi connectivity index (χ0v) is 20.5. The summed E-state index contributed by atoms with van der Waals surface area (Å²) >= 11 is 0. The molecule has 1 unspecified atom stereocenters. The average molecular weight is 483 g/mol. The number of nitrogens with zero attached hydrogens (tertiary/aromatic N) is 3. The summed E-state index contributed by atoms with van der Waals surface area (Å²) in [4.78, 5) is 31.4. The Labute approximate surface area is 204 Å². The largest absolute Gasteiger partial charge is 0.465 e. The van der Waals surface area contributed by atoms with E-state index < -0.39 is 17.7 Å². The van der Waals surface area contributed by atoms with Gasteiger partial charge in [0.25, 0.3) is 0 Å². The number of halogens is 1. The predicted octanol–water partition coefficient (Wildman–Crippen LogP) is 4.50. The van der Waals surface area contributed by atoms with E-state index in [1.165, 1.54) is 19.2 Å². The topological polar surface area (TPSA) is 85.7 Å². The number of benzene rings is 2. The van der Waals surface area contributed by atoms with Crippen molar-refractivity contribution in [2.75, 3.05) is 25.1 Å². The summed E-state index contributed by atoms with van der Waals surface area (Å²) in [6.07, 6.45) is 1.26.